The normalized spacial score (nSPS) is 16.8. The van der Waals surface area contributed by atoms with Gasteiger partial charge >= 0.3 is 0 Å². The lowest BCUT2D eigenvalue weighted by atomic mass is 10.1. The molecule has 0 saturated carbocycles. The van der Waals surface area contributed by atoms with Crippen molar-refractivity contribution < 1.29 is 9.59 Å². The van der Waals surface area contributed by atoms with Crippen LogP contribution in [0.2, 0.25) is 0 Å². The largest absolute Gasteiger partial charge is 0.352 e. The highest BCUT2D eigenvalue weighted by atomic mass is 16.2. The molecule has 1 fully saturated rings. The number of hydrogen-bond acceptors (Lipinski definition) is 2. The van der Waals surface area contributed by atoms with Crippen molar-refractivity contribution in [3.63, 3.8) is 0 Å². The van der Waals surface area contributed by atoms with Crippen LogP contribution in [0.3, 0.4) is 0 Å². The van der Waals surface area contributed by atoms with Crippen molar-refractivity contribution in [2.45, 2.75) is 40.2 Å². The number of carbonyl (C=O) groups is 2. The lowest BCUT2D eigenvalue weighted by Gasteiger charge is -2.20. The van der Waals surface area contributed by atoms with Gasteiger partial charge in [0, 0.05) is 25.2 Å². The fourth-order valence-corrected chi connectivity index (χ4v) is 3.37. The summed E-state index contributed by atoms with van der Waals surface area (Å²) in [5.41, 5.74) is 5.52. The number of carbonyl (C=O) groups excluding carboxylic acids is 2. The van der Waals surface area contributed by atoms with E-state index in [-0.39, 0.29) is 24.2 Å². The van der Waals surface area contributed by atoms with E-state index in [2.05, 4.69) is 24.4 Å². The number of benzene rings is 2. The van der Waals surface area contributed by atoms with E-state index in [1.165, 1.54) is 5.56 Å². The van der Waals surface area contributed by atoms with E-state index in [0.29, 0.717) is 13.1 Å². The summed E-state index contributed by atoms with van der Waals surface area (Å²) in [6, 6.07) is 14.2. The number of amides is 2. The third-order valence-corrected chi connectivity index (χ3v) is 5.26. The molecule has 4 heteroatoms. The van der Waals surface area contributed by atoms with Crippen molar-refractivity contribution in [1.82, 2.24) is 5.32 Å². The highest BCUT2D eigenvalue weighted by Crippen LogP contribution is 2.29. The molecule has 26 heavy (non-hydrogen) atoms. The summed E-state index contributed by atoms with van der Waals surface area (Å²) in [5.74, 6) is -0.325. The van der Waals surface area contributed by atoms with Crippen molar-refractivity contribution in [3.8, 4) is 0 Å². The van der Waals surface area contributed by atoms with Crippen LogP contribution < -0.4 is 10.2 Å². The van der Waals surface area contributed by atoms with E-state index in [0.717, 1.165) is 28.8 Å². The maximum Gasteiger partial charge on any atom is 0.227 e. The van der Waals surface area contributed by atoms with Gasteiger partial charge in [0.2, 0.25) is 11.8 Å². The molecule has 0 radical (unpaired) electrons. The number of hydrogen-bond donors (Lipinski definition) is 1. The SMILES string of the molecule is CCc1ccc(CNC(=O)[C@@H]2CC(=O)N(c3cccc(C)c3C)C2)cc1. The van der Waals surface area contributed by atoms with E-state index < -0.39 is 0 Å². The molecule has 1 aliphatic rings. The predicted octanol–water partition coefficient (Wildman–Crippen LogP) is 3.54. The van der Waals surface area contributed by atoms with Gasteiger partial charge < -0.3 is 10.2 Å². The first-order chi connectivity index (χ1) is 12.5. The minimum atomic E-state index is -0.294. The number of anilines is 1. The minimum Gasteiger partial charge on any atom is -0.352 e. The zero-order chi connectivity index (χ0) is 18.7. The van der Waals surface area contributed by atoms with Crippen LogP contribution in [0.1, 0.15) is 35.6 Å². The van der Waals surface area contributed by atoms with Crippen molar-refractivity contribution in [2.24, 2.45) is 5.92 Å². The summed E-state index contributed by atoms with van der Waals surface area (Å²) in [6.45, 7) is 7.12. The van der Waals surface area contributed by atoms with Gasteiger partial charge in [0.25, 0.3) is 0 Å². The lowest BCUT2D eigenvalue weighted by molar-refractivity contribution is -0.126. The first kappa shape index (κ1) is 18.2. The molecule has 2 amide bonds. The van der Waals surface area contributed by atoms with Gasteiger partial charge in [0.15, 0.2) is 0 Å². The Morgan fingerprint density at radius 1 is 1.12 bits per heavy atom. The molecule has 0 bridgehead atoms. The molecule has 3 rings (SSSR count). The van der Waals surface area contributed by atoms with E-state index in [4.69, 9.17) is 0 Å². The zero-order valence-electron chi connectivity index (χ0n) is 15.7. The molecule has 1 aliphatic heterocycles. The number of aryl methyl sites for hydroxylation is 2. The zero-order valence-corrected chi connectivity index (χ0v) is 15.7. The van der Waals surface area contributed by atoms with Gasteiger partial charge in [-0.25, -0.2) is 0 Å². The number of nitrogens with zero attached hydrogens (tertiary/aromatic N) is 1. The summed E-state index contributed by atoms with van der Waals surface area (Å²) in [6.07, 6.45) is 1.28. The van der Waals surface area contributed by atoms with Gasteiger partial charge in [-0.05, 0) is 48.6 Å². The fourth-order valence-electron chi connectivity index (χ4n) is 3.37. The Morgan fingerprint density at radius 3 is 2.50 bits per heavy atom. The molecular weight excluding hydrogens is 324 g/mol. The summed E-state index contributed by atoms with van der Waals surface area (Å²) in [7, 11) is 0. The molecule has 1 heterocycles. The highest BCUT2D eigenvalue weighted by Gasteiger charge is 2.35. The Kier molecular flexibility index (Phi) is 5.40. The number of rotatable bonds is 5. The highest BCUT2D eigenvalue weighted by molar-refractivity contribution is 6.00. The molecule has 0 aromatic heterocycles. The monoisotopic (exact) mass is 350 g/mol. The molecule has 1 N–H and O–H groups in total. The molecule has 0 aliphatic carbocycles. The van der Waals surface area contributed by atoms with Gasteiger partial charge in [0.1, 0.15) is 0 Å². The van der Waals surface area contributed by atoms with Crippen molar-refractivity contribution >= 4 is 17.5 Å². The maximum absolute atomic E-state index is 12.5. The molecule has 1 atom stereocenters. The first-order valence-corrected chi connectivity index (χ1v) is 9.21. The van der Waals surface area contributed by atoms with Crippen LogP contribution in [-0.2, 0) is 22.6 Å². The van der Waals surface area contributed by atoms with Crippen LogP contribution in [-0.4, -0.2) is 18.4 Å². The molecule has 0 spiro atoms. The van der Waals surface area contributed by atoms with Crippen LogP contribution in [0.15, 0.2) is 42.5 Å². The maximum atomic E-state index is 12.5. The molecule has 4 nitrogen and oxygen atoms in total. The molecule has 2 aromatic carbocycles. The van der Waals surface area contributed by atoms with E-state index in [9.17, 15) is 9.59 Å². The topological polar surface area (TPSA) is 49.4 Å². The second-order valence-corrected chi connectivity index (χ2v) is 7.01. The average Bonchev–Trinajstić information content (AvgIpc) is 3.04. The average molecular weight is 350 g/mol. The van der Waals surface area contributed by atoms with Crippen LogP contribution in [0, 0.1) is 19.8 Å². The van der Waals surface area contributed by atoms with Gasteiger partial charge in [0.05, 0.1) is 5.92 Å². The molecule has 2 aromatic rings. The van der Waals surface area contributed by atoms with E-state index in [1.807, 2.05) is 44.2 Å². The van der Waals surface area contributed by atoms with Gasteiger partial charge in [-0.3, -0.25) is 9.59 Å². The number of nitrogens with one attached hydrogen (secondary N) is 1. The second-order valence-electron chi connectivity index (χ2n) is 7.01. The second kappa shape index (κ2) is 7.73. The minimum absolute atomic E-state index is 0.0196. The van der Waals surface area contributed by atoms with E-state index in [1.54, 1.807) is 4.90 Å². The van der Waals surface area contributed by atoms with Gasteiger partial charge in [-0.15, -0.1) is 0 Å². The third-order valence-electron chi connectivity index (χ3n) is 5.26. The van der Waals surface area contributed by atoms with E-state index >= 15 is 0 Å². The van der Waals surface area contributed by atoms with Gasteiger partial charge in [-0.1, -0.05) is 43.3 Å². The molecule has 0 unspecified atom stereocenters. The quantitative estimate of drug-likeness (QED) is 0.897. The Labute approximate surface area is 155 Å². The Morgan fingerprint density at radius 2 is 1.81 bits per heavy atom. The van der Waals surface area contributed by atoms with Crippen molar-refractivity contribution in [3.05, 3.63) is 64.7 Å². The van der Waals surface area contributed by atoms with Gasteiger partial charge in [-0.2, -0.15) is 0 Å². The lowest BCUT2D eigenvalue weighted by Crippen LogP contribution is -2.32. The van der Waals surface area contributed by atoms with Crippen LogP contribution in [0.4, 0.5) is 5.69 Å². The molecule has 1 saturated heterocycles. The standard InChI is InChI=1S/C22H26N2O2/c1-4-17-8-10-18(11-9-17)13-23-22(26)19-12-21(25)24(14-19)20-7-5-6-15(2)16(20)3/h5-11,19H,4,12-14H2,1-3H3,(H,23,26)/t19-/m1/s1. The Balaban J connectivity index is 1.62. The van der Waals surface area contributed by atoms with Crippen LogP contribution in [0.25, 0.3) is 0 Å². The summed E-state index contributed by atoms with van der Waals surface area (Å²) in [5, 5.41) is 2.98. The van der Waals surface area contributed by atoms with Crippen molar-refractivity contribution in [2.75, 3.05) is 11.4 Å². The summed E-state index contributed by atoms with van der Waals surface area (Å²) < 4.78 is 0. The van der Waals surface area contributed by atoms with Crippen molar-refractivity contribution in [1.29, 1.82) is 0 Å². The Bertz CT molecular complexity index is 811. The first-order valence-electron chi connectivity index (χ1n) is 9.21. The summed E-state index contributed by atoms with van der Waals surface area (Å²) >= 11 is 0. The smallest absolute Gasteiger partial charge is 0.227 e. The fraction of sp³-hybridized carbons (Fsp3) is 0.364. The van der Waals surface area contributed by atoms with Crippen LogP contribution in [0.5, 0.6) is 0 Å². The molecule has 136 valence electrons. The predicted molar refractivity (Wildman–Crippen MR) is 104 cm³/mol. The van der Waals surface area contributed by atoms with Crippen LogP contribution >= 0.6 is 0 Å². The third kappa shape index (κ3) is 3.79. The Hall–Kier alpha value is -2.62. The summed E-state index contributed by atoms with van der Waals surface area (Å²) in [4.78, 5) is 26.7. The molecular formula is C22H26N2O2.